The monoisotopic (exact) mass is 212 g/mol. The number of halogens is 1. The molecule has 5 heteroatoms. The molecule has 4 nitrogen and oxygen atoms in total. The van der Waals surface area contributed by atoms with Crippen LogP contribution in [-0.2, 0) is 0 Å². The second kappa shape index (κ2) is 3.46. The molecular formula is C9H9ClN2O2. The van der Waals surface area contributed by atoms with Crippen LogP contribution in [0.3, 0.4) is 0 Å². The summed E-state index contributed by atoms with van der Waals surface area (Å²) in [7, 11) is 0. The molecule has 0 atom stereocenters. The first-order chi connectivity index (χ1) is 6.70. The van der Waals surface area contributed by atoms with Gasteiger partial charge < -0.3 is 5.11 Å². The highest BCUT2D eigenvalue weighted by Crippen LogP contribution is 2.44. The second-order valence-corrected chi connectivity index (χ2v) is 3.61. The Morgan fingerprint density at radius 1 is 1.64 bits per heavy atom. The fourth-order valence-corrected chi connectivity index (χ4v) is 1.54. The lowest BCUT2D eigenvalue weighted by molar-refractivity contribution is 0.206. The molecule has 0 radical (unpaired) electrons. The Bertz CT molecular complexity index is 366. The number of rotatable bonds is 2. The van der Waals surface area contributed by atoms with Crippen molar-refractivity contribution in [1.29, 1.82) is 0 Å². The van der Waals surface area contributed by atoms with Gasteiger partial charge in [0, 0.05) is 18.0 Å². The summed E-state index contributed by atoms with van der Waals surface area (Å²) in [5, 5.41) is 8.73. The summed E-state index contributed by atoms with van der Waals surface area (Å²) < 4.78 is 0.695. The maximum atomic E-state index is 10.7. The average molecular weight is 213 g/mol. The van der Waals surface area contributed by atoms with Gasteiger partial charge in [-0.15, -0.1) is 0 Å². The van der Waals surface area contributed by atoms with Crippen molar-refractivity contribution in [3.05, 3.63) is 24.0 Å². The Kier molecular flexibility index (Phi) is 2.29. The van der Waals surface area contributed by atoms with E-state index >= 15 is 0 Å². The van der Waals surface area contributed by atoms with Crippen molar-refractivity contribution in [2.24, 2.45) is 0 Å². The molecule has 1 aromatic heterocycles. The highest BCUT2D eigenvalue weighted by Gasteiger charge is 2.28. The fourth-order valence-electron chi connectivity index (χ4n) is 1.40. The van der Waals surface area contributed by atoms with E-state index in [4.69, 9.17) is 16.9 Å². The van der Waals surface area contributed by atoms with Gasteiger partial charge in [-0.25, -0.2) is 4.79 Å². The second-order valence-electron chi connectivity index (χ2n) is 3.27. The third-order valence-electron chi connectivity index (χ3n) is 2.23. The minimum absolute atomic E-state index is 0.452. The van der Waals surface area contributed by atoms with Crippen LogP contribution in [-0.4, -0.2) is 16.2 Å². The van der Waals surface area contributed by atoms with E-state index in [0.717, 1.165) is 18.4 Å². The van der Waals surface area contributed by atoms with E-state index in [1.807, 2.05) is 6.07 Å². The zero-order valence-corrected chi connectivity index (χ0v) is 8.11. The lowest BCUT2D eigenvalue weighted by Crippen LogP contribution is -2.19. The first kappa shape index (κ1) is 9.27. The molecule has 1 fully saturated rings. The van der Waals surface area contributed by atoms with E-state index in [1.54, 1.807) is 6.20 Å². The number of carboxylic acid groups (broad SMARTS) is 1. The highest BCUT2D eigenvalue weighted by molar-refractivity contribution is 6.35. The number of hydrogen-bond donors (Lipinski definition) is 1. The lowest BCUT2D eigenvalue weighted by Gasteiger charge is -2.13. The van der Waals surface area contributed by atoms with Crippen molar-refractivity contribution in [2.45, 2.75) is 18.8 Å². The maximum absolute atomic E-state index is 10.7. The van der Waals surface area contributed by atoms with Gasteiger partial charge in [0.15, 0.2) is 0 Å². The SMILES string of the molecule is O=C(O)N(Cl)c1cnccc1C1CC1. The standard InChI is InChI=1S/C9H9ClN2O2/c10-12(9(13)14)8-5-11-4-3-7(8)6-1-2-6/h3-6H,1-2H2,(H,13,14). The average Bonchev–Trinajstić information content (AvgIpc) is 3.00. The summed E-state index contributed by atoms with van der Waals surface area (Å²) in [6, 6.07) is 1.82. The molecule has 74 valence electrons. The first-order valence-corrected chi connectivity index (χ1v) is 4.66. The normalized spacial score (nSPS) is 15.2. The Balaban J connectivity index is 2.35. The summed E-state index contributed by atoms with van der Waals surface area (Å²) in [4.78, 5) is 14.5. The minimum atomic E-state index is -1.18. The molecule has 1 saturated carbocycles. The van der Waals surface area contributed by atoms with Crippen molar-refractivity contribution in [3.63, 3.8) is 0 Å². The van der Waals surface area contributed by atoms with Gasteiger partial charge in [0.2, 0.25) is 0 Å². The van der Waals surface area contributed by atoms with Gasteiger partial charge in [0.05, 0.1) is 11.9 Å². The molecule has 1 aromatic rings. The van der Waals surface area contributed by atoms with Gasteiger partial charge in [-0.05, 0) is 30.4 Å². The number of carbonyl (C=O) groups is 1. The van der Waals surface area contributed by atoms with Crippen molar-refractivity contribution in [1.82, 2.24) is 4.98 Å². The van der Waals surface area contributed by atoms with Crippen molar-refractivity contribution < 1.29 is 9.90 Å². The molecule has 1 aliphatic rings. The van der Waals surface area contributed by atoms with Crippen LogP contribution in [0.2, 0.25) is 0 Å². The van der Waals surface area contributed by atoms with Crippen LogP contribution < -0.4 is 4.42 Å². The number of pyridine rings is 1. The number of amides is 1. The highest BCUT2D eigenvalue weighted by atomic mass is 35.5. The minimum Gasteiger partial charge on any atom is -0.464 e. The lowest BCUT2D eigenvalue weighted by atomic mass is 10.1. The van der Waals surface area contributed by atoms with Gasteiger partial charge in [-0.1, -0.05) is 0 Å². The van der Waals surface area contributed by atoms with E-state index in [2.05, 4.69) is 4.98 Å². The van der Waals surface area contributed by atoms with Crippen LogP contribution in [0.25, 0.3) is 0 Å². The number of hydrogen-bond acceptors (Lipinski definition) is 2. The molecule has 1 amide bonds. The summed E-state index contributed by atoms with van der Waals surface area (Å²) in [6.07, 6.45) is 4.16. The van der Waals surface area contributed by atoms with E-state index < -0.39 is 6.09 Å². The van der Waals surface area contributed by atoms with Crippen LogP contribution >= 0.6 is 11.8 Å². The topological polar surface area (TPSA) is 53.4 Å². The molecule has 14 heavy (non-hydrogen) atoms. The Labute approximate surface area is 86.2 Å². The molecule has 0 saturated heterocycles. The molecular weight excluding hydrogens is 204 g/mol. The van der Waals surface area contributed by atoms with Crippen molar-refractivity contribution >= 4 is 23.6 Å². The van der Waals surface area contributed by atoms with E-state index in [1.165, 1.54) is 6.20 Å². The molecule has 1 N–H and O–H groups in total. The van der Waals surface area contributed by atoms with Crippen LogP contribution in [0, 0.1) is 0 Å². The predicted octanol–water partition coefficient (Wildman–Crippen LogP) is 2.60. The van der Waals surface area contributed by atoms with Crippen LogP contribution in [0.1, 0.15) is 24.3 Å². The van der Waals surface area contributed by atoms with E-state index in [0.29, 0.717) is 16.0 Å². The molecule has 2 rings (SSSR count). The fraction of sp³-hybridized carbons (Fsp3) is 0.333. The van der Waals surface area contributed by atoms with Gasteiger partial charge in [-0.3, -0.25) is 4.98 Å². The molecule has 0 aromatic carbocycles. The third-order valence-corrected chi connectivity index (χ3v) is 2.56. The summed E-state index contributed by atoms with van der Waals surface area (Å²) in [5.74, 6) is 0.452. The quantitative estimate of drug-likeness (QED) is 0.767. The zero-order chi connectivity index (χ0) is 10.1. The first-order valence-electron chi connectivity index (χ1n) is 4.33. The Morgan fingerprint density at radius 2 is 2.36 bits per heavy atom. The van der Waals surface area contributed by atoms with E-state index in [-0.39, 0.29) is 0 Å². The molecule has 1 aliphatic carbocycles. The summed E-state index contributed by atoms with van der Waals surface area (Å²) >= 11 is 5.61. The molecule has 1 heterocycles. The molecule has 0 aliphatic heterocycles. The number of nitrogens with zero attached hydrogens (tertiary/aromatic N) is 2. The predicted molar refractivity (Wildman–Crippen MR) is 52.6 cm³/mol. The van der Waals surface area contributed by atoms with Gasteiger partial charge >= 0.3 is 6.09 Å². The molecule has 0 unspecified atom stereocenters. The van der Waals surface area contributed by atoms with Gasteiger partial charge in [-0.2, -0.15) is 4.42 Å². The number of anilines is 1. The molecule has 0 spiro atoms. The smallest absolute Gasteiger partial charge is 0.426 e. The maximum Gasteiger partial charge on any atom is 0.426 e. The van der Waals surface area contributed by atoms with Crippen molar-refractivity contribution in [3.8, 4) is 0 Å². The van der Waals surface area contributed by atoms with Crippen LogP contribution in [0.15, 0.2) is 18.5 Å². The third kappa shape index (κ3) is 1.65. The van der Waals surface area contributed by atoms with Gasteiger partial charge in [0.1, 0.15) is 0 Å². The van der Waals surface area contributed by atoms with E-state index in [9.17, 15) is 4.79 Å². The Hall–Kier alpha value is -1.29. The Morgan fingerprint density at radius 3 is 2.93 bits per heavy atom. The summed E-state index contributed by atoms with van der Waals surface area (Å²) in [6.45, 7) is 0. The van der Waals surface area contributed by atoms with Crippen LogP contribution in [0.4, 0.5) is 10.5 Å². The molecule has 0 bridgehead atoms. The van der Waals surface area contributed by atoms with Gasteiger partial charge in [0.25, 0.3) is 0 Å². The van der Waals surface area contributed by atoms with Crippen molar-refractivity contribution in [2.75, 3.05) is 4.42 Å². The summed E-state index contributed by atoms with van der Waals surface area (Å²) in [5.41, 5.74) is 1.45. The van der Waals surface area contributed by atoms with Crippen LogP contribution in [0.5, 0.6) is 0 Å². The number of aromatic nitrogens is 1. The largest absolute Gasteiger partial charge is 0.464 e. The zero-order valence-electron chi connectivity index (χ0n) is 7.35.